The van der Waals surface area contributed by atoms with Crippen molar-refractivity contribution in [3.8, 4) is 0 Å². The monoisotopic (exact) mass is 376 g/mol. The predicted molar refractivity (Wildman–Crippen MR) is 103 cm³/mol. The van der Waals surface area contributed by atoms with Crippen LogP contribution >= 0.6 is 11.3 Å². The average molecular weight is 377 g/mol. The molecule has 0 saturated heterocycles. The fourth-order valence-corrected chi connectivity index (χ4v) is 4.77. The average Bonchev–Trinajstić information content (AvgIpc) is 2.86. The van der Waals surface area contributed by atoms with E-state index in [9.17, 15) is 13.2 Å². The summed E-state index contributed by atoms with van der Waals surface area (Å²) in [7, 11) is -3.70. The van der Waals surface area contributed by atoms with Crippen molar-refractivity contribution < 1.29 is 8.42 Å². The lowest BCUT2D eigenvalue weighted by molar-refractivity contribution is 0.601. The smallest absolute Gasteiger partial charge is 0.299 e. The minimum Gasteiger partial charge on any atom is -0.299 e. The third kappa shape index (κ3) is 3.48. The van der Waals surface area contributed by atoms with Gasteiger partial charge in [0.1, 0.15) is 0 Å². The van der Waals surface area contributed by atoms with Gasteiger partial charge in [0.2, 0.25) is 0 Å². The molecule has 1 aromatic heterocycles. The summed E-state index contributed by atoms with van der Waals surface area (Å²) in [5.41, 5.74) is 3.43. The summed E-state index contributed by atoms with van der Waals surface area (Å²) in [5.74, 6) is 0. The van der Waals surface area contributed by atoms with E-state index >= 15 is 0 Å². The van der Waals surface area contributed by atoms with Crippen molar-refractivity contribution in [1.29, 1.82) is 0 Å². The van der Waals surface area contributed by atoms with E-state index in [0.29, 0.717) is 16.9 Å². The lowest BCUT2D eigenvalue weighted by atomic mass is 10.1. The number of hydrogen-bond donors (Lipinski definition) is 1. The number of nitrogens with zero attached hydrogens (tertiary/aromatic N) is 1. The van der Waals surface area contributed by atoms with Crippen LogP contribution in [0, 0.1) is 13.8 Å². The second-order valence-electron chi connectivity index (χ2n) is 6.05. The minimum atomic E-state index is -3.70. The SMILES string of the molecule is CCCn1c(=O)sc2cc(S(=O)(=O)Nc3ccc(C)c(C)c3)ccc21. The van der Waals surface area contributed by atoms with Gasteiger partial charge >= 0.3 is 4.87 Å². The van der Waals surface area contributed by atoms with E-state index in [2.05, 4.69) is 4.72 Å². The zero-order chi connectivity index (χ0) is 18.2. The number of rotatable bonds is 5. The Hall–Kier alpha value is -2.12. The van der Waals surface area contributed by atoms with Crippen LogP contribution in [-0.2, 0) is 16.6 Å². The molecule has 5 nitrogen and oxygen atoms in total. The topological polar surface area (TPSA) is 68.2 Å². The van der Waals surface area contributed by atoms with E-state index in [1.807, 2.05) is 32.9 Å². The normalized spacial score (nSPS) is 11.8. The number of aryl methyl sites for hydroxylation is 3. The number of anilines is 1. The number of thiazole rings is 1. The molecule has 0 aliphatic heterocycles. The number of sulfonamides is 1. The van der Waals surface area contributed by atoms with Gasteiger partial charge in [-0.1, -0.05) is 24.3 Å². The van der Waals surface area contributed by atoms with E-state index in [-0.39, 0.29) is 9.77 Å². The van der Waals surface area contributed by atoms with Crippen LogP contribution in [0.1, 0.15) is 24.5 Å². The van der Waals surface area contributed by atoms with Gasteiger partial charge < -0.3 is 0 Å². The molecule has 3 rings (SSSR count). The van der Waals surface area contributed by atoms with Crippen molar-refractivity contribution in [2.75, 3.05) is 4.72 Å². The van der Waals surface area contributed by atoms with Crippen molar-refractivity contribution in [1.82, 2.24) is 4.57 Å². The maximum atomic E-state index is 12.7. The van der Waals surface area contributed by atoms with Crippen molar-refractivity contribution in [3.63, 3.8) is 0 Å². The predicted octanol–water partition coefficient (Wildman–Crippen LogP) is 3.89. The summed E-state index contributed by atoms with van der Waals surface area (Å²) in [6.07, 6.45) is 0.847. The Morgan fingerprint density at radius 2 is 1.84 bits per heavy atom. The molecule has 25 heavy (non-hydrogen) atoms. The molecule has 0 spiro atoms. The first-order valence-corrected chi connectivity index (χ1v) is 10.4. The lowest BCUT2D eigenvalue weighted by Crippen LogP contribution is -2.13. The Labute approximate surface area is 151 Å². The van der Waals surface area contributed by atoms with Crippen molar-refractivity contribution in [2.24, 2.45) is 0 Å². The van der Waals surface area contributed by atoms with E-state index < -0.39 is 10.0 Å². The molecule has 0 unspecified atom stereocenters. The first-order valence-electron chi connectivity index (χ1n) is 8.05. The number of aromatic nitrogens is 1. The highest BCUT2D eigenvalue weighted by Crippen LogP contribution is 2.24. The summed E-state index contributed by atoms with van der Waals surface area (Å²) in [5, 5.41) is 0. The van der Waals surface area contributed by atoms with E-state index in [1.165, 1.54) is 0 Å². The molecule has 7 heteroatoms. The molecular formula is C18H20N2O3S2. The van der Waals surface area contributed by atoms with Gasteiger partial charge in [0, 0.05) is 12.2 Å². The number of fused-ring (bicyclic) bond motifs is 1. The fourth-order valence-electron chi connectivity index (χ4n) is 2.67. The molecule has 0 atom stereocenters. The van der Waals surface area contributed by atoms with Crippen LogP contribution < -0.4 is 9.60 Å². The second kappa shape index (κ2) is 6.65. The molecule has 132 valence electrons. The largest absolute Gasteiger partial charge is 0.308 e. The van der Waals surface area contributed by atoms with Gasteiger partial charge in [0.15, 0.2) is 0 Å². The zero-order valence-electron chi connectivity index (χ0n) is 14.4. The Morgan fingerprint density at radius 3 is 2.52 bits per heavy atom. The Balaban J connectivity index is 1.99. The molecule has 1 N–H and O–H groups in total. The molecule has 2 aromatic carbocycles. The van der Waals surface area contributed by atoms with Crippen LogP contribution in [0.4, 0.5) is 5.69 Å². The second-order valence-corrected chi connectivity index (χ2v) is 8.73. The Kier molecular flexibility index (Phi) is 4.71. The van der Waals surface area contributed by atoms with Crippen LogP contribution in [0.3, 0.4) is 0 Å². The maximum Gasteiger partial charge on any atom is 0.308 e. The lowest BCUT2D eigenvalue weighted by Gasteiger charge is -2.10. The summed E-state index contributed by atoms with van der Waals surface area (Å²) >= 11 is 1.07. The van der Waals surface area contributed by atoms with Crippen LogP contribution in [0.15, 0.2) is 46.1 Å². The standard InChI is InChI=1S/C18H20N2O3S2/c1-4-9-20-16-8-7-15(11-17(16)24-18(20)21)25(22,23)19-14-6-5-12(2)13(3)10-14/h5-8,10-11,19H,4,9H2,1-3H3. The molecule has 0 radical (unpaired) electrons. The highest BCUT2D eigenvalue weighted by molar-refractivity contribution is 7.92. The van der Waals surface area contributed by atoms with E-state index in [0.717, 1.165) is 34.4 Å². The van der Waals surface area contributed by atoms with Crippen LogP contribution in [-0.4, -0.2) is 13.0 Å². The molecule has 0 amide bonds. The molecule has 1 heterocycles. The Morgan fingerprint density at radius 1 is 1.08 bits per heavy atom. The zero-order valence-corrected chi connectivity index (χ0v) is 16.0. The van der Waals surface area contributed by atoms with Gasteiger partial charge in [-0.15, -0.1) is 0 Å². The first-order chi connectivity index (χ1) is 11.8. The van der Waals surface area contributed by atoms with Gasteiger partial charge in [0.25, 0.3) is 10.0 Å². The number of hydrogen-bond acceptors (Lipinski definition) is 4. The van der Waals surface area contributed by atoms with Gasteiger partial charge in [-0.05, 0) is 61.7 Å². The maximum absolute atomic E-state index is 12.7. The summed E-state index contributed by atoms with van der Waals surface area (Å²) in [4.78, 5) is 12.2. The molecule has 0 aliphatic rings. The van der Waals surface area contributed by atoms with Crippen molar-refractivity contribution in [2.45, 2.75) is 38.6 Å². The summed E-state index contributed by atoms with van der Waals surface area (Å²) in [6, 6.07) is 10.3. The number of benzene rings is 2. The van der Waals surface area contributed by atoms with Crippen LogP contribution in [0.5, 0.6) is 0 Å². The molecule has 3 aromatic rings. The summed E-state index contributed by atoms with van der Waals surface area (Å²) in [6.45, 7) is 6.55. The number of nitrogens with one attached hydrogen (secondary N) is 1. The van der Waals surface area contributed by atoms with Gasteiger partial charge in [0.05, 0.1) is 15.1 Å². The molecule has 0 aliphatic carbocycles. The van der Waals surface area contributed by atoms with Gasteiger partial charge in [-0.3, -0.25) is 14.1 Å². The molecule has 0 saturated carbocycles. The molecular weight excluding hydrogens is 356 g/mol. The van der Waals surface area contributed by atoms with Gasteiger partial charge in [-0.25, -0.2) is 8.42 Å². The van der Waals surface area contributed by atoms with Crippen molar-refractivity contribution in [3.05, 3.63) is 57.2 Å². The Bertz CT molecular complexity index is 1100. The minimum absolute atomic E-state index is 0.0616. The van der Waals surface area contributed by atoms with E-state index in [4.69, 9.17) is 0 Å². The highest BCUT2D eigenvalue weighted by Gasteiger charge is 2.17. The quantitative estimate of drug-likeness (QED) is 0.734. The van der Waals surface area contributed by atoms with Crippen LogP contribution in [0.25, 0.3) is 10.2 Å². The van der Waals surface area contributed by atoms with Crippen molar-refractivity contribution >= 4 is 37.3 Å². The molecule has 0 bridgehead atoms. The molecule has 0 fully saturated rings. The fraction of sp³-hybridized carbons (Fsp3) is 0.278. The van der Waals surface area contributed by atoms with E-state index in [1.54, 1.807) is 28.8 Å². The summed E-state index contributed by atoms with van der Waals surface area (Å²) < 4.78 is 30.3. The van der Waals surface area contributed by atoms with Gasteiger partial charge in [-0.2, -0.15) is 0 Å². The third-order valence-corrected chi connectivity index (χ3v) is 6.48. The highest BCUT2D eigenvalue weighted by atomic mass is 32.2. The van der Waals surface area contributed by atoms with Crippen LogP contribution in [0.2, 0.25) is 0 Å². The third-order valence-electron chi connectivity index (χ3n) is 4.16. The first kappa shape index (κ1) is 17.7.